The third kappa shape index (κ3) is 3.59. The zero-order valence-corrected chi connectivity index (χ0v) is 11.3. The molecular formula is C12H25ClN2O. The highest BCUT2D eigenvalue weighted by molar-refractivity contribution is 5.85. The number of rotatable bonds is 2. The Labute approximate surface area is 105 Å². The fourth-order valence-corrected chi connectivity index (χ4v) is 2.64. The first-order valence-corrected chi connectivity index (χ1v) is 6.36. The van der Waals surface area contributed by atoms with Crippen molar-refractivity contribution in [2.75, 3.05) is 26.2 Å². The molecular weight excluding hydrogens is 224 g/mol. The summed E-state index contributed by atoms with van der Waals surface area (Å²) in [6, 6.07) is 0.677. The first-order chi connectivity index (χ1) is 7.27. The third-order valence-electron chi connectivity index (χ3n) is 3.61. The number of likely N-dealkylation sites (tertiary alicyclic amines) is 1. The fraction of sp³-hybridized carbons (Fsp3) is 1.00. The maximum absolute atomic E-state index is 5.81. The molecule has 16 heavy (non-hydrogen) atoms. The number of hydrogen-bond acceptors (Lipinski definition) is 3. The molecule has 0 spiro atoms. The molecule has 0 aromatic heterocycles. The van der Waals surface area contributed by atoms with Crippen molar-refractivity contribution in [3.63, 3.8) is 0 Å². The topological polar surface area (TPSA) is 24.5 Å². The van der Waals surface area contributed by atoms with Gasteiger partial charge in [-0.25, -0.2) is 0 Å². The Bertz CT molecular complexity index is 195. The number of halogens is 1. The second-order valence-electron chi connectivity index (χ2n) is 5.09. The van der Waals surface area contributed by atoms with Crippen LogP contribution >= 0.6 is 12.4 Å². The summed E-state index contributed by atoms with van der Waals surface area (Å²) in [7, 11) is 0. The molecule has 1 N–H and O–H groups in total. The summed E-state index contributed by atoms with van der Waals surface area (Å²) in [6.45, 7) is 9.12. The number of nitrogens with zero attached hydrogens (tertiary/aromatic N) is 1. The van der Waals surface area contributed by atoms with E-state index in [9.17, 15) is 0 Å². The Morgan fingerprint density at radius 2 is 2.12 bits per heavy atom. The van der Waals surface area contributed by atoms with Crippen molar-refractivity contribution in [2.45, 2.75) is 45.4 Å². The van der Waals surface area contributed by atoms with Gasteiger partial charge in [-0.15, -0.1) is 12.4 Å². The van der Waals surface area contributed by atoms with E-state index in [-0.39, 0.29) is 12.4 Å². The molecule has 3 nitrogen and oxygen atoms in total. The maximum atomic E-state index is 5.81. The zero-order valence-electron chi connectivity index (χ0n) is 10.4. The Hall–Kier alpha value is 0.170. The van der Waals surface area contributed by atoms with E-state index in [2.05, 4.69) is 24.1 Å². The van der Waals surface area contributed by atoms with Crippen LogP contribution in [0.3, 0.4) is 0 Å². The lowest BCUT2D eigenvalue weighted by atomic mass is 9.94. The lowest BCUT2D eigenvalue weighted by molar-refractivity contribution is -0.0577. The van der Waals surface area contributed by atoms with E-state index in [1.807, 2.05) is 0 Å². The average Bonchev–Trinajstić information content (AvgIpc) is 2.30. The molecule has 2 unspecified atom stereocenters. The van der Waals surface area contributed by atoms with Gasteiger partial charge < -0.3 is 9.64 Å². The average molecular weight is 249 g/mol. The summed E-state index contributed by atoms with van der Waals surface area (Å²) in [6.07, 6.45) is 4.13. The molecule has 2 heterocycles. The molecule has 0 radical (unpaired) electrons. The molecule has 4 heteroatoms. The van der Waals surface area contributed by atoms with Crippen molar-refractivity contribution in [2.24, 2.45) is 5.92 Å². The van der Waals surface area contributed by atoms with Gasteiger partial charge in [-0.2, -0.15) is 0 Å². The standard InChI is InChI=1S/C12H24N2O.ClH/c1-10(2)14-7-3-5-11(9-14)12-13-6-4-8-15-12;/h10-13H,3-9H2,1-2H3;1H. The first-order valence-electron chi connectivity index (χ1n) is 6.36. The maximum Gasteiger partial charge on any atom is 0.112 e. The Morgan fingerprint density at radius 1 is 1.31 bits per heavy atom. The van der Waals surface area contributed by atoms with Crippen molar-refractivity contribution in [3.8, 4) is 0 Å². The normalized spacial score (nSPS) is 32.4. The predicted molar refractivity (Wildman–Crippen MR) is 69.0 cm³/mol. The minimum Gasteiger partial charge on any atom is -0.363 e. The Kier molecular flexibility index (Phi) is 6.05. The van der Waals surface area contributed by atoms with Crippen LogP contribution in [0.1, 0.15) is 33.1 Å². The smallest absolute Gasteiger partial charge is 0.112 e. The van der Waals surface area contributed by atoms with E-state index < -0.39 is 0 Å². The van der Waals surface area contributed by atoms with Crippen LogP contribution in [0.25, 0.3) is 0 Å². The van der Waals surface area contributed by atoms with Crippen LogP contribution in [0, 0.1) is 5.92 Å². The van der Waals surface area contributed by atoms with E-state index in [0.29, 0.717) is 18.2 Å². The molecule has 0 aromatic rings. The Morgan fingerprint density at radius 3 is 2.75 bits per heavy atom. The summed E-state index contributed by atoms with van der Waals surface area (Å²) in [5.41, 5.74) is 0. The molecule has 0 saturated carbocycles. The van der Waals surface area contributed by atoms with Crippen LogP contribution in [0.15, 0.2) is 0 Å². The summed E-state index contributed by atoms with van der Waals surface area (Å²) in [4.78, 5) is 2.58. The van der Waals surface area contributed by atoms with Crippen molar-refractivity contribution in [1.29, 1.82) is 0 Å². The van der Waals surface area contributed by atoms with E-state index >= 15 is 0 Å². The van der Waals surface area contributed by atoms with Crippen LogP contribution in [0.5, 0.6) is 0 Å². The number of hydrogen-bond donors (Lipinski definition) is 1. The van der Waals surface area contributed by atoms with E-state index in [1.165, 1.54) is 25.9 Å². The van der Waals surface area contributed by atoms with Gasteiger partial charge in [-0.3, -0.25) is 5.32 Å². The SMILES string of the molecule is CC(C)N1CCCC(C2NCCCO2)C1.Cl. The van der Waals surface area contributed by atoms with Crippen LogP contribution in [-0.4, -0.2) is 43.4 Å². The zero-order chi connectivity index (χ0) is 10.7. The van der Waals surface area contributed by atoms with Gasteiger partial charge in [0.15, 0.2) is 0 Å². The lowest BCUT2D eigenvalue weighted by Crippen LogP contribution is -2.50. The molecule has 2 rings (SSSR count). The summed E-state index contributed by atoms with van der Waals surface area (Å²) < 4.78 is 5.81. The van der Waals surface area contributed by atoms with E-state index in [1.54, 1.807) is 0 Å². The number of ether oxygens (including phenoxy) is 1. The second-order valence-corrected chi connectivity index (χ2v) is 5.09. The van der Waals surface area contributed by atoms with Crippen molar-refractivity contribution >= 4 is 12.4 Å². The molecule has 0 aromatic carbocycles. The van der Waals surface area contributed by atoms with Crippen LogP contribution in [0.4, 0.5) is 0 Å². The van der Waals surface area contributed by atoms with Crippen molar-refractivity contribution in [1.82, 2.24) is 10.2 Å². The molecule has 2 aliphatic heterocycles. The molecule has 2 fully saturated rings. The molecule has 2 saturated heterocycles. The van der Waals surface area contributed by atoms with Crippen LogP contribution in [0.2, 0.25) is 0 Å². The minimum absolute atomic E-state index is 0. The van der Waals surface area contributed by atoms with Gasteiger partial charge in [0.1, 0.15) is 6.23 Å². The second kappa shape index (κ2) is 6.80. The lowest BCUT2D eigenvalue weighted by Gasteiger charge is -2.40. The predicted octanol–water partition coefficient (Wildman–Crippen LogP) is 1.86. The van der Waals surface area contributed by atoms with Gasteiger partial charge in [0.05, 0.1) is 0 Å². The molecule has 0 bridgehead atoms. The first kappa shape index (κ1) is 14.2. The largest absolute Gasteiger partial charge is 0.363 e. The molecule has 0 amide bonds. The van der Waals surface area contributed by atoms with Gasteiger partial charge in [0, 0.05) is 25.1 Å². The monoisotopic (exact) mass is 248 g/mol. The number of nitrogens with one attached hydrogen (secondary N) is 1. The highest BCUT2D eigenvalue weighted by Crippen LogP contribution is 2.23. The van der Waals surface area contributed by atoms with E-state index in [0.717, 1.165) is 19.6 Å². The highest BCUT2D eigenvalue weighted by atomic mass is 35.5. The van der Waals surface area contributed by atoms with Crippen LogP contribution in [-0.2, 0) is 4.74 Å². The van der Waals surface area contributed by atoms with Crippen molar-refractivity contribution in [3.05, 3.63) is 0 Å². The van der Waals surface area contributed by atoms with Gasteiger partial charge in [-0.05, 0) is 46.2 Å². The van der Waals surface area contributed by atoms with Gasteiger partial charge in [0.2, 0.25) is 0 Å². The molecule has 2 aliphatic rings. The van der Waals surface area contributed by atoms with Crippen molar-refractivity contribution < 1.29 is 4.74 Å². The fourth-order valence-electron chi connectivity index (χ4n) is 2.64. The highest BCUT2D eigenvalue weighted by Gasteiger charge is 2.29. The third-order valence-corrected chi connectivity index (χ3v) is 3.61. The Balaban J connectivity index is 0.00000128. The van der Waals surface area contributed by atoms with Crippen LogP contribution < -0.4 is 5.32 Å². The molecule has 96 valence electrons. The number of piperidine rings is 1. The summed E-state index contributed by atoms with van der Waals surface area (Å²) in [5.74, 6) is 0.696. The molecule has 2 atom stereocenters. The van der Waals surface area contributed by atoms with Gasteiger partial charge >= 0.3 is 0 Å². The minimum atomic E-state index is 0. The van der Waals surface area contributed by atoms with Gasteiger partial charge in [0.25, 0.3) is 0 Å². The molecule has 0 aliphatic carbocycles. The summed E-state index contributed by atoms with van der Waals surface area (Å²) >= 11 is 0. The summed E-state index contributed by atoms with van der Waals surface area (Å²) in [5, 5.41) is 3.50. The van der Waals surface area contributed by atoms with Gasteiger partial charge in [-0.1, -0.05) is 0 Å². The quantitative estimate of drug-likeness (QED) is 0.808. The van der Waals surface area contributed by atoms with E-state index in [4.69, 9.17) is 4.74 Å².